The van der Waals surface area contributed by atoms with Crippen LogP contribution in [0.3, 0.4) is 0 Å². The largest absolute Gasteiger partial charge is 0.463 e. The summed E-state index contributed by atoms with van der Waals surface area (Å²) in [5.74, 6) is 0.823. The van der Waals surface area contributed by atoms with Crippen LogP contribution in [0, 0.1) is 5.92 Å². The van der Waals surface area contributed by atoms with Crippen LogP contribution >= 0.6 is 0 Å². The van der Waals surface area contributed by atoms with Crippen molar-refractivity contribution in [2.75, 3.05) is 19.7 Å². The predicted molar refractivity (Wildman–Crippen MR) is 98.9 cm³/mol. The second-order valence-corrected chi connectivity index (χ2v) is 7.79. The highest BCUT2D eigenvalue weighted by molar-refractivity contribution is 5.27. The molecule has 0 N–H and O–H groups in total. The molecule has 0 radical (unpaired) electrons. The van der Waals surface area contributed by atoms with Gasteiger partial charge in [-0.3, -0.25) is 4.90 Å². The Morgan fingerprint density at radius 1 is 1.04 bits per heavy atom. The van der Waals surface area contributed by atoms with Crippen molar-refractivity contribution in [3.63, 3.8) is 0 Å². The lowest BCUT2D eigenvalue weighted by atomic mass is 9.72. The Morgan fingerprint density at radius 2 is 1.75 bits per heavy atom. The molecule has 4 rings (SSSR count). The van der Waals surface area contributed by atoms with Gasteiger partial charge in [0.15, 0.2) is 5.69 Å². The third kappa shape index (κ3) is 4.63. The van der Waals surface area contributed by atoms with E-state index in [1.807, 2.05) is 0 Å². The van der Waals surface area contributed by atoms with E-state index in [0.29, 0.717) is 18.4 Å². The molecule has 1 aromatic carbocycles. The summed E-state index contributed by atoms with van der Waals surface area (Å²) >= 11 is 0. The van der Waals surface area contributed by atoms with Crippen molar-refractivity contribution in [1.82, 2.24) is 14.9 Å². The van der Waals surface area contributed by atoms with Crippen molar-refractivity contribution in [2.45, 2.75) is 44.3 Å². The molecule has 1 aromatic heterocycles. The number of aromatic nitrogens is 2. The third-order valence-electron chi connectivity index (χ3n) is 5.66. The molecule has 28 heavy (non-hydrogen) atoms. The van der Waals surface area contributed by atoms with Gasteiger partial charge in [0.2, 0.25) is 0 Å². The minimum Gasteiger partial charge on any atom is -0.463 e. The molecule has 0 spiro atoms. The zero-order chi connectivity index (χ0) is 19.6. The van der Waals surface area contributed by atoms with Gasteiger partial charge in [0.1, 0.15) is 0 Å². The molecule has 4 nitrogen and oxygen atoms in total. The molecular weight excluding hydrogens is 367 g/mol. The van der Waals surface area contributed by atoms with Gasteiger partial charge in [0, 0.05) is 12.7 Å². The van der Waals surface area contributed by atoms with Crippen molar-refractivity contribution < 1.29 is 17.9 Å². The number of halogens is 3. The van der Waals surface area contributed by atoms with Crippen LogP contribution in [0.5, 0.6) is 6.01 Å². The first-order valence-electron chi connectivity index (χ1n) is 9.81. The maximum Gasteiger partial charge on any atom is 0.433 e. The topological polar surface area (TPSA) is 38.2 Å². The summed E-state index contributed by atoms with van der Waals surface area (Å²) < 4.78 is 43.4. The number of hydrogen-bond acceptors (Lipinski definition) is 4. The highest BCUT2D eigenvalue weighted by Gasteiger charge is 2.34. The van der Waals surface area contributed by atoms with E-state index < -0.39 is 11.9 Å². The lowest BCUT2D eigenvalue weighted by Crippen LogP contribution is -2.27. The number of ether oxygens (including phenoxy) is 1. The molecule has 0 atom stereocenters. The summed E-state index contributed by atoms with van der Waals surface area (Å²) in [6, 6.07) is 9.50. The summed E-state index contributed by atoms with van der Waals surface area (Å²) in [5, 5.41) is 0. The molecule has 2 fully saturated rings. The number of rotatable bonds is 6. The van der Waals surface area contributed by atoms with Gasteiger partial charge in [-0.1, -0.05) is 24.3 Å². The van der Waals surface area contributed by atoms with Gasteiger partial charge < -0.3 is 4.74 Å². The van der Waals surface area contributed by atoms with E-state index in [-0.39, 0.29) is 6.01 Å². The Kier molecular flexibility index (Phi) is 5.53. The molecule has 1 saturated carbocycles. The third-order valence-corrected chi connectivity index (χ3v) is 5.66. The van der Waals surface area contributed by atoms with Crippen molar-refractivity contribution in [3.8, 4) is 6.01 Å². The smallest absolute Gasteiger partial charge is 0.433 e. The zero-order valence-corrected chi connectivity index (χ0v) is 15.7. The Labute approximate surface area is 162 Å². The van der Waals surface area contributed by atoms with Gasteiger partial charge >= 0.3 is 12.2 Å². The fraction of sp³-hybridized carbons (Fsp3) is 0.524. The van der Waals surface area contributed by atoms with E-state index in [9.17, 15) is 13.2 Å². The summed E-state index contributed by atoms with van der Waals surface area (Å²) in [5.41, 5.74) is 1.71. The summed E-state index contributed by atoms with van der Waals surface area (Å²) in [7, 11) is 0. The maximum atomic E-state index is 12.7. The summed E-state index contributed by atoms with van der Waals surface area (Å²) in [4.78, 5) is 9.70. The lowest BCUT2D eigenvalue weighted by Gasteiger charge is -2.35. The normalized spacial score (nSPS) is 22.8. The van der Waals surface area contributed by atoms with Crippen molar-refractivity contribution in [1.29, 1.82) is 0 Å². The Balaban J connectivity index is 1.23. The average Bonchev–Trinajstić information content (AvgIpc) is 3.14. The van der Waals surface area contributed by atoms with Gasteiger partial charge in [-0.2, -0.15) is 18.2 Å². The molecule has 150 valence electrons. The number of likely N-dealkylation sites (tertiary alicyclic amines) is 1. The van der Waals surface area contributed by atoms with E-state index in [1.165, 1.54) is 37.1 Å². The maximum absolute atomic E-state index is 12.7. The summed E-state index contributed by atoms with van der Waals surface area (Å²) in [6.07, 6.45) is 1.15. The zero-order valence-electron chi connectivity index (χ0n) is 15.7. The standard InChI is InChI=1S/C21H24F3N3O/c22-21(23,24)19-7-8-25-20(26-19)28-14-16-11-18(12-16)17-5-3-15(4-6-17)13-27-9-1-2-10-27/h3-8,16,18H,1-2,9-14H2. The van der Waals surface area contributed by atoms with E-state index in [0.717, 1.165) is 31.6 Å². The van der Waals surface area contributed by atoms with Crippen molar-refractivity contribution in [3.05, 3.63) is 53.3 Å². The van der Waals surface area contributed by atoms with Gasteiger partial charge in [-0.25, -0.2) is 4.98 Å². The predicted octanol–water partition coefficient (Wildman–Crippen LogP) is 4.66. The highest BCUT2D eigenvalue weighted by Crippen LogP contribution is 2.41. The van der Waals surface area contributed by atoms with Crippen LogP contribution in [-0.2, 0) is 12.7 Å². The Hall–Kier alpha value is -2.15. The first-order valence-corrected chi connectivity index (χ1v) is 9.81. The Bertz CT molecular complexity index is 782. The molecule has 0 amide bonds. The van der Waals surface area contributed by atoms with Gasteiger partial charge in [-0.15, -0.1) is 0 Å². The molecule has 7 heteroatoms. The minimum absolute atomic E-state index is 0.204. The number of benzene rings is 1. The van der Waals surface area contributed by atoms with Crippen LogP contribution in [0.25, 0.3) is 0 Å². The molecule has 0 bridgehead atoms. The van der Waals surface area contributed by atoms with Crippen LogP contribution in [-0.4, -0.2) is 34.6 Å². The van der Waals surface area contributed by atoms with E-state index in [1.54, 1.807) is 0 Å². The molecule has 1 aliphatic carbocycles. The van der Waals surface area contributed by atoms with E-state index >= 15 is 0 Å². The van der Waals surface area contributed by atoms with Gasteiger partial charge in [-0.05, 0) is 67.8 Å². The van der Waals surface area contributed by atoms with E-state index in [2.05, 4.69) is 39.1 Å². The monoisotopic (exact) mass is 391 g/mol. The molecule has 2 aliphatic rings. The van der Waals surface area contributed by atoms with Crippen LogP contribution in [0.1, 0.15) is 48.4 Å². The fourth-order valence-electron chi connectivity index (χ4n) is 4.00. The first kappa shape index (κ1) is 19.2. The van der Waals surface area contributed by atoms with Crippen LogP contribution in [0.4, 0.5) is 13.2 Å². The van der Waals surface area contributed by atoms with Crippen LogP contribution in [0.15, 0.2) is 36.5 Å². The van der Waals surface area contributed by atoms with Crippen LogP contribution in [0.2, 0.25) is 0 Å². The quantitative estimate of drug-likeness (QED) is 0.718. The van der Waals surface area contributed by atoms with Gasteiger partial charge in [0.05, 0.1) is 6.61 Å². The molecule has 0 unspecified atom stereocenters. The van der Waals surface area contributed by atoms with E-state index in [4.69, 9.17) is 4.74 Å². The molecular formula is C21H24F3N3O. The summed E-state index contributed by atoms with van der Waals surface area (Å²) in [6.45, 7) is 3.77. The van der Waals surface area contributed by atoms with Gasteiger partial charge in [0.25, 0.3) is 0 Å². The Morgan fingerprint density at radius 3 is 2.43 bits per heavy atom. The van der Waals surface area contributed by atoms with Crippen LogP contribution < -0.4 is 4.74 Å². The number of alkyl halides is 3. The molecule has 1 saturated heterocycles. The molecule has 2 heterocycles. The number of nitrogens with zero attached hydrogens (tertiary/aromatic N) is 3. The highest BCUT2D eigenvalue weighted by atomic mass is 19.4. The molecule has 1 aliphatic heterocycles. The second kappa shape index (κ2) is 8.07. The average molecular weight is 391 g/mol. The van der Waals surface area contributed by atoms with Crippen molar-refractivity contribution in [2.24, 2.45) is 5.92 Å². The minimum atomic E-state index is -4.48. The second-order valence-electron chi connectivity index (χ2n) is 7.79. The molecule has 2 aromatic rings. The number of hydrogen-bond donors (Lipinski definition) is 0. The first-order chi connectivity index (χ1) is 13.5. The lowest BCUT2D eigenvalue weighted by molar-refractivity contribution is -0.141. The SMILES string of the molecule is FC(F)(F)c1ccnc(OCC2CC(c3ccc(CN4CCCC4)cc3)C2)n1. The van der Waals surface area contributed by atoms with Crippen molar-refractivity contribution >= 4 is 0 Å². The fourth-order valence-corrected chi connectivity index (χ4v) is 4.00.